The highest BCUT2D eigenvalue weighted by Gasteiger charge is 2.06. The fourth-order valence-electron chi connectivity index (χ4n) is 1.51. The predicted molar refractivity (Wildman–Crippen MR) is 61.3 cm³/mol. The summed E-state index contributed by atoms with van der Waals surface area (Å²) in [5.41, 5.74) is 7.01. The maximum absolute atomic E-state index is 11.5. The Morgan fingerprint density at radius 2 is 2.14 bits per heavy atom. The van der Waals surface area contributed by atoms with E-state index in [-0.39, 0.29) is 5.56 Å². The van der Waals surface area contributed by atoms with Gasteiger partial charge in [0.05, 0.1) is 5.52 Å². The quantitative estimate of drug-likeness (QED) is 0.779. The van der Waals surface area contributed by atoms with Crippen molar-refractivity contribution < 1.29 is 0 Å². The second-order valence-corrected chi connectivity index (χ2v) is 3.99. The van der Waals surface area contributed by atoms with Crippen LogP contribution in [0.25, 0.3) is 10.9 Å². The van der Waals surface area contributed by atoms with E-state index in [1.165, 1.54) is 6.07 Å². The number of rotatable bonds is 0. The third-order valence-corrected chi connectivity index (χ3v) is 2.88. The molecule has 2 rings (SSSR count). The Balaban J connectivity index is 3.11. The zero-order valence-corrected chi connectivity index (χ0v) is 9.21. The number of hydrogen-bond acceptors (Lipinski definition) is 2. The number of nitrogen functional groups attached to an aromatic ring is 1. The second-order valence-electron chi connectivity index (χ2n) is 3.13. The molecule has 0 unspecified atom stereocenters. The molecule has 0 spiro atoms. The number of aryl methyl sites for hydroxylation is 1. The smallest absolute Gasteiger partial charge is 0.252 e. The Morgan fingerprint density at radius 1 is 1.43 bits per heavy atom. The number of para-hydroxylation sites is 1. The number of aromatic nitrogens is 1. The first kappa shape index (κ1) is 9.27. The molecular formula is C10H9BrN2O. The van der Waals surface area contributed by atoms with E-state index in [1.54, 1.807) is 11.6 Å². The highest BCUT2D eigenvalue weighted by Crippen LogP contribution is 2.25. The van der Waals surface area contributed by atoms with Crippen molar-refractivity contribution in [3.8, 4) is 0 Å². The van der Waals surface area contributed by atoms with Gasteiger partial charge in [0.25, 0.3) is 5.56 Å². The molecule has 2 N–H and O–H groups in total. The predicted octanol–water partition coefficient (Wildman–Crippen LogP) is 1.88. The van der Waals surface area contributed by atoms with Crippen LogP contribution in [0, 0.1) is 0 Å². The summed E-state index contributed by atoms with van der Waals surface area (Å²) < 4.78 is 2.46. The van der Waals surface area contributed by atoms with Crippen molar-refractivity contribution in [1.29, 1.82) is 0 Å². The van der Waals surface area contributed by atoms with E-state index in [2.05, 4.69) is 15.9 Å². The number of nitrogens with zero attached hydrogens (tertiary/aromatic N) is 1. The molecule has 0 amide bonds. The third kappa shape index (κ3) is 1.23. The van der Waals surface area contributed by atoms with Crippen molar-refractivity contribution in [3.05, 3.63) is 39.1 Å². The van der Waals surface area contributed by atoms with Crippen molar-refractivity contribution in [2.45, 2.75) is 0 Å². The molecule has 0 saturated carbocycles. The molecular weight excluding hydrogens is 244 g/mol. The molecule has 0 aliphatic heterocycles. The zero-order valence-electron chi connectivity index (χ0n) is 7.62. The number of nitrogens with two attached hydrogens (primary N) is 1. The van der Waals surface area contributed by atoms with Crippen LogP contribution >= 0.6 is 15.9 Å². The highest BCUT2D eigenvalue weighted by atomic mass is 79.9. The third-order valence-electron chi connectivity index (χ3n) is 2.24. The van der Waals surface area contributed by atoms with E-state index in [4.69, 9.17) is 5.73 Å². The summed E-state index contributed by atoms with van der Waals surface area (Å²) in [6.45, 7) is 0. The Hall–Kier alpha value is -1.29. The molecule has 0 aliphatic carbocycles. The van der Waals surface area contributed by atoms with Gasteiger partial charge in [0, 0.05) is 28.7 Å². The maximum atomic E-state index is 11.5. The van der Waals surface area contributed by atoms with Gasteiger partial charge in [0.15, 0.2) is 0 Å². The van der Waals surface area contributed by atoms with Crippen molar-refractivity contribution in [3.63, 3.8) is 0 Å². The molecule has 0 atom stereocenters. The highest BCUT2D eigenvalue weighted by molar-refractivity contribution is 9.10. The summed E-state index contributed by atoms with van der Waals surface area (Å²) in [5, 5.41) is 0.890. The lowest BCUT2D eigenvalue weighted by molar-refractivity contribution is 0.905. The molecule has 0 radical (unpaired) electrons. The standard InChI is InChI=1S/C10H9BrN2O/c1-13-9(14)5-8(12)6-3-2-4-7(11)10(6)13/h2-5H,12H2,1H3. The SMILES string of the molecule is Cn1c(=O)cc(N)c2cccc(Br)c21. The number of hydrogen-bond donors (Lipinski definition) is 1. The van der Waals surface area contributed by atoms with E-state index in [9.17, 15) is 4.79 Å². The topological polar surface area (TPSA) is 48.0 Å². The molecule has 0 aliphatic rings. The Bertz CT molecular complexity index is 560. The van der Waals surface area contributed by atoms with Crippen LogP contribution in [0.1, 0.15) is 0 Å². The van der Waals surface area contributed by atoms with Gasteiger partial charge in [0.2, 0.25) is 0 Å². The molecule has 0 saturated heterocycles. The van der Waals surface area contributed by atoms with Gasteiger partial charge in [-0.1, -0.05) is 12.1 Å². The van der Waals surface area contributed by atoms with Crippen molar-refractivity contribution >= 4 is 32.5 Å². The number of halogens is 1. The lowest BCUT2D eigenvalue weighted by atomic mass is 10.2. The Labute approximate surface area is 89.3 Å². The molecule has 1 heterocycles. The average molecular weight is 253 g/mol. The van der Waals surface area contributed by atoms with Crippen LogP contribution in [0.4, 0.5) is 5.69 Å². The van der Waals surface area contributed by atoms with E-state index >= 15 is 0 Å². The van der Waals surface area contributed by atoms with Gasteiger partial charge in [-0.3, -0.25) is 4.79 Å². The molecule has 72 valence electrons. The van der Waals surface area contributed by atoms with Gasteiger partial charge in [-0.15, -0.1) is 0 Å². The molecule has 1 aromatic carbocycles. The zero-order chi connectivity index (χ0) is 10.3. The van der Waals surface area contributed by atoms with E-state index in [0.29, 0.717) is 5.69 Å². The summed E-state index contributed by atoms with van der Waals surface area (Å²) in [5.74, 6) is 0. The molecule has 0 bridgehead atoms. The van der Waals surface area contributed by atoms with Gasteiger partial charge in [-0.25, -0.2) is 0 Å². The monoisotopic (exact) mass is 252 g/mol. The summed E-state index contributed by atoms with van der Waals surface area (Å²) in [6, 6.07) is 7.12. The van der Waals surface area contributed by atoms with Crippen LogP contribution in [0.2, 0.25) is 0 Å². The van der Waals surface area contributed by atoms with Crippen LogP contribution in [0.3, 0.4) is 0 Å². The number of pyridine rings is 1. The lowest BCUT2D eigenvalue weighted by Gasteiger charge is -2.08. The lowest BCUT2D eigenvalue weighted by Crippen LogP contribution is -2.17. The van der Waals surface area contributed by atoms with Crippen LogP contribution in [-0.2, 0) is 7.05 Å². The minimum atomic E-state index is -0.0955. The minimum absolute atomic E-state index is 0.0955. The van der Waals surface area contributed by atoms with Gasteiger partial charge in [-0.2, -0.15) is 0 Å². The number of anilines is 1. The summed E-state index contributed by atoms with van der Waals surface area (Å²) in [7, 11) is 1.73. The first-order chi connectivity index (χ1) is 6.61. The molecule has 14 heavy (non-hydrogen) atoms. The van der Waals surface area contributed by atoms with Crippen LogP contribution in [0.15, 0.2) is 33.5 Å². The van der Waals surface area contributed by atoms with E-state index in [0.717, 1.165) is 15.4 Å². The fourth-order valence-corrected chi connectivity index (χ4v) is 2.14. The number of fused-ring (bicyclic) bond motifs is 1. The molecule has 2 aromatic rings. The van der Waals surface area contributed by atoms with Crippen molar-refractivity contribution in [1.82, 2.24) is 4.57 Å². The van der Waals surface area contributed by atoms with Crippen molar-refractivity contribution in [2.75, 3.05) is 5.73 Å². The normalized spacial score (nSPS) is 10.7. The van der Waals surface area contributed by atoms with Crippen LogP contribution < -0.4 is 11.3 Å². The largest absolute Gasteiger partial charge is 0.398 e. The van der Waals surface area contributed by atoms with Gasteiger partial charge < -0.3 is 10.3 Å². The van der Waals surface area contributed by atoms with Crippen molar-refractivity contribution in [2.24, 2.45) is 7.05 Å². The van der Waals surface area contributed by atoms with E-state index < -0.39 is 0 Å². The molecule has 3 nitrogen and oxygen atoms in total. The summed E-state index contributed by atoms with van der Waals surface area (Å²) in [4.78, 5) is 11.5. The summed E-state index contributed by atoms with van der Waals surface area (Å²) >= 11 is 3.40. The van der Waals surface area contributed by atoms with Gasteiger partial charge in [0.1, 0.15) is 0 Å². The second kappa shape index (κ2) is 3.13. The summed E-state index contributed by atoms with van der Waals surface area (Å²) in [6.07, 6.45) is 0. The first-order valence-corrected chi connectivity index (χ1v) is 4.94. The maximum Gasteiger partial charge on any atom is 0.252 e. The van der Waals surface area contributed by atoms with Gasteiger partial charge >= 0.3 is 0 Å². The number of benzene rings is 1. The molecule has 1 aromatic heterocycles. The molecule has 4 heteroatoms. The Morgan fingerprint density at radius 3 is 2.86 bits per heavy atom. The van der Waals surface area contributed by atoms with E-state index in [1.807, 2.05) is 18.2 Å². The van der Waals surface area contributed by atoms with Gasteiger partial charge in [-0.05, 0) is 22.0 Å². The first-order valence-electron chi connectivity index (χ1n) is 4.15. The molecule has 0 fully saturated rings. The van der Waals surface area contributed by atoms with Crippen LogP contribution in [-0.4, -0.2) is 4.57 Å². The minimum Gasteiger partial charge on any atom is -0.398 e. The van der Waals surface area contributed by atoms with Crippen LogP contribution in [0.5, 0.6) is 0 Å². The average Bonchev–Trinajstić information content (AvgIpc) is 2.14. The fraction of sp³-hybridized carbons (Fsp3) is 0.100. The Kier molecular flexibility index (Phi) is 2.07.